The molecule has 1 fully saturated rings. The van der Waals surface area contributed by atoms with Crippen LogP contribution in [0, 0.1) is 0 Å². The van der Waals surface area contributed by atoms with E-state index in [1.165, 1.54) is 12.1 Å². The number of carbonyl (C=O) groups excluding carboxylic acids is 1. The molecule has 1 aliphatic heterocycles. The van der Waals surface area contributed by atoms with Crippen LogP contribution in [0.1, 0.15) is 42.0 Å². The van der Waals surface area contributed by atoms with Crippen molar-refractivity contribution in [1.29, 1.82) is 0 Å². The van der Waals surface area contributed by atoms with Crippen molar-refractivity contribution in [3.63, 3.8) is 0 Å². The summed E-state index contributed by atoms with van der Waals surface area (Å²) >= 11 is 0. The predicted molar refractivity (Wildman–Crippen MR) is 113 cm³/mol. The maximum Gasteiger partial charge on any atom is 0.573 e. The number of likely N-dealkylation sites (tertiary alicyclic amines) is 1. The molecule has 0 aliphatic carbocycles. The first-order valence-electron chi connectivity index (χ1n) is 10.3. The van der Waals surface area contributed by atoms with E-state index in [1.807, 2.05) is 17.0 Å². The van der Waals surface area contributed by atoms with Crippen LogP contribution in [0.5, 0.6) is 17.2 Å². The van der Waals surface area contributed by atoms with Crippen LogP contribution in [-0.4, -0.2) is 37.8 Å². The molecular weight excluding hydrogens is 425 g/mol. The third-order valence-electron chi connectivity index (χ3n) is 5.66. The number of carbonyl (C=O) groups is 1. The van der Waals surface area contributed by atoms with E-state index in [2.05, 4.69) is 4.74 Å². The Morgan fingerprint density at radius 3 is 2.19 bits per heavy atom. The Morgan fingerprint density at radius 1 is 1.06 bits per heavy atom. The van der Waals surface area contributed by atoms with Crippen LogP contribution in [-0.2, 0) is 17.9 Å². The molecule has 1 saturated heterocycles. The number of hydrogen-bond donors (Lipinski definition) is 1. The van der Waals surface area contributed by atoms with Crippen LogP contribution in [0.2, 0.25) is 0 Å². The molecule has 0 saturated carbocycles. The lowest BCUT2D eigenvalue weighted by atomic mass is 9.89. The lowest BCUT2D eigenvalue weighted by Gasteiger charge is -2.41. The first-order valence-corrected chi connectivity index (χ1v) is 10.3. The molecule has 174 valence electrons. The van der Waals surface area contributed by atoms with E-state index in [1.54, 1.807) is 26.4 Å². The first kappa shape index (κ1) is 23.9. The van der Waals surface area contributed by atoms with Gasteiger partial charge in [0, 0.05) is 19.1 Å². The SMILES string of the molecule is COc1cc(CN)cc(OC)c1C1CCCC(C=O)N1Cc1ccc(OC(F)(F)F)cc1. The van der Waals surface area contributed by atoms with Gasteiger partial charge < -0.3 is 24.7 Å². The van der Waals surface area contributed by atoms with Gasteiger partial charge in [0.15, 0.2) is 0 Å². The minimum absolute atomic E-state index is 0.179. The summed E-state index contributed by atoms with van der Waals surface area (Å²) < 4.78 is 52.6. The van der Waals surface area contributed by atoms with Gasteiger partial charge in [0.05, 0.1) is 25.8 Å². The number of halogens is 3. The van der Waals surface area contributed by atoms with Gasteiger partial charge in [-0.2, -0.15) is 0 Å². The quantitative estimate of drug-likeness (QED) is 0.600. The molecule has 2 atom stereocenters. The van der Waals surface area contributed by atoms with Crippen LogP contribution in [0.4, 0.5) is 13.2 Å². The van der Waals surface area contributed by atoms with Gasteiger partial charge in [0.1, 0.15) is 23.5 Å². The van der Waals surface area contributed by atoms with E-state index < -0.39 is 6.36 Å². The van der Waals surface area contributed by atoms with E-state index >= 15 is 0 Å². The minimum atomic E-state index is -4.75. The fourth-order valence-corrected chi connectivity index (χ4v) is 4.21. The molecule has 1 aliphatic rings. The van der Waals surface area contributed by atoms with Crippen molar-refractivity contribution in [3.05, 3.63) is 53.1 Å². The Morgan fingerprint density at radius 2 is 1.69 bits per heavy atom. The molecule has 32 heavy (non-hydrogen) atoms. The Kier molecular flexibility index (Phi) is 7.63. The van der Waals surface area contributed by atoms with Crippen molar-refractivity contribution in [2.75, 3.05) is 14.2 Å². The molecule has 9 heteroatoms. The maximum absolute atomic E-state index is 12.4. The van der Waals surface area contributed by atoms with Crippen molar-refractivity contribution in [1.82, 2.24) is 4.90 Å². The van der Waals surface area contributed by atoms with Gasteiger partial charge >= 0.3 is 6.36 Å². The highest BCUT2D eigenvalue weighted by Gasteiger charge is 2.35. The number of alkyl halides is 3. The maximum atomic E-state index is 12.4. The number of aldehydes is 1. The van der Waals surface area contributed by atoms with Crippen LogP contribution in [0.25, 0.3) is 0 Å². The van der Waals surface area contributed by atoms with Crippen LogP contribution in [0.3, 0.4) is 0 Å². The van der Waals surface area contributed by atoms with Crippen molar-refractivity contribution < 1.29 is 32.2 Å². The van der Waals surface area contributed by atoms with E-state index in [0.29, 0.717) is 31.0 Å². The Labute approximate surface area is 185 Å². The minimum Gasteiger partial charge on any atom is -0.496 e. The molecule has 3 rings (SSSR count). The third kappa shape index (κ3) is 5.52. The van der Waals surface area contributed by atoms with Crippen molar-refractivity contribution in [2.45, 2.75) is 50.8 Å². The molecule has 2 N–H and O–H groups in total. The normalized spacial score (nSPS) is 19.4. The Bertz CT molecular complexity index is 893. The highest BCUT2D eigenvalue weighted by Crippen LogP contribution is 2.44. The molecule has 6 nitrogen and oxygen atoms in total. The van der Waals surface area contributed by atoms with E-state index in [-0.39, 0.29) is 17.8 Å². The Balaban J connectivity index is 1.95. The molecule has 2 unspecified atom stereocenters. The average Bonchev–Trinajstić information content (AvgIpc) is 2.78. The summed E-state index contributed by atoms with van der Waals surface area (Å²) in [6.45, 7) is 0.690. The molecule has 1 heterocycles. The Hall–Kier alpha value is -2.78. The van der Waals surface area contributed by atoms with Crippen LogP contribution in [0.15, 0.2) is 36.4 Å². The van der Waals surface area contributed by atoms with Gasteiger partial charge in [0.2, 0.25) is 0 Å². The average molecular weight is 452 g/mol. The number of nitrogens with zero attached hydrogens (tertiary/aromatic N) is 1. The topological polar surface area (TPSA) is 74.0 Å². The zero-order valence-corrected chi connectivity index (χ0v) is 18.0. The molecule has 0 spiro atoms. The highest BCUT2D eigenvalue weighted by molar-refractivity contribution is 5.59. The number of hydrogen-bond acceptors (Lipinski definition) is 6. The largest absolute Gasteiger partial charge is 0.573 e. The fraction of sp³-hybridized carbons (Fsp3) is 0.435. The molecular formula is C23H27F3N2O4. The van der Waals surface area contributed by atoms with Gasteiger partial charge in [-0.1, -0.05) is 12.1 Å². The van der Waals surface area contributed by atoms with Crippen LogP contribution >= 0.6 is 0 Å². The second-order valence-electron chi connectivity index (χ2n) is 7.63. The molecule has 2 aromatic carbocycles. The number of nitrogens with two attached hydrogens (primary N) is 1. The second-order valence-corrected chi connectivity index (χ2v) is 7.63. The molecule has 0 bridgehead atoms. The van der Waals surface area contributed by atoms with Crippen molar-refractivity contribution in [3.8, 4) is 17.2 Å². The van der Waals surface area contributed by atoms with Gasteiger partial charge in [-0.3, -0.25) is 4.90 Å². The number of ether oxygens (including phenoxy) is 3. The number of rotatable bonds is 8. The third-order valence-corrected chi connectivity index (χ3v) is 5.66. The summed E-state index contributed by atoms with van der Waals surface area (Å²) in [5, 5.41) is 0. The van der Waals surface area contributed by atoms with Gasteiger partial charge in [-0.25, -0.2) is 0 Å². The number of benzene rings is 2. The van der Waals surface area contributed by atoms with Gasteiger partial charge in [0.25, 0.3) is 0 Å². The molecule has 0 radical (unpaired) electrons. The van der Waals surface area contributed by atoms with Crippen LogP contribution < -0.4 is 19.9 Å². The summed E-state index contributed by atoms with van der Waals surface area (Å²) in [7, 11) is 3.14. The first-order chi connectivity index (χ1) is 15.3. The summed E-state index contributed by atoms with van der Waals surface area (Å²) in [6, 6.07) is 8.89. The van der Waals surface area contributed by atoms with Gasteiger partial charge in [-0.15, -0.1) is 13.2 Å². The summed E-state index contributed by atoms with van der Waals surface area (Å²) in [5.74, 6) is 0.963. The fourth-order valence-electron chi connectivity index (χ4n) is 4.21. The van der Waals surface area contributed by atoms with Gasteiger partial charge in [-0.05, 0) is 54.7 Å². The lowest BCUT2D eigenvalue weighted by Crippen LogP contribution is -2.42. The smallest absolute Gasteiger partial charge is 0.496 e. The van der Waals surface area contributed by atoms with E-state index in [4.69, 9.17) is 15.2 Å². The lowest BCUT2D eigenvalue weighted by molar-refractivity contribution is -0.274. The number of piperidine rings is 1. The van der Waals surface area contributed by atoms with E-state index in [0.717, 1.165) is 35.8 Å². The zero-order chi connectivity index (χ0) is 23.3. The standard InChI is InChI=1S/C23H27F3N2O4/c1-30-20-10-16(12-27)11-21(31-2)22(20)19-5-3-4-17(14-29)28(19)13-15-6-8-18(9-7-15)32-23(24,25)26/h6-11,14,17,19H,3-5,12-13,27H2,1-2H3. The molecule has 0 aromatic heterocycles. The predicted octanol–water partition coefficient (Wildman–Crippen LogP) is 4.36. The second kappa shape index (κ2) is 10.2. The molecule has 0 amide bonds. The summed E-state index contributed by atoms with van der Waals surface area (Å²) in [5.41, 5.74) is 8.25. The monoisotopic (exact) mass is 452 g/mol. The van der Waals surface area contributed by atoms with Crippen molar-refractivity contribution >= 4 is 6.29 Å². The van der Waals surface area contributed by atoms with E-state index in [9.17, 15) is 18.0 Å². The number of methoxy groups -OCH3 is 2. The zero-order valence-electron chi connectivity index (χ0n) is 18.0. The summed E-state index contributed by atoms with van der Waals surface area (Å²) in [4.78, 5) is 13.9. The summed E-state index contributed by atoms with van der Waals surface area (Å²) in [6.07, 6.45) is -1.52. The molecule has 2 aromatic rings. The highest BCUT2D eigenvalue weighted by atomic mass is 19.4. The van der Waals surface area contributed by atoms with Crippen molar-refractivity contribution in [2.24, 2.45) is 5.73 Å².